The molecule has 38 heavy (non-hydrogen) atoms. The molecule has 11 heteroatoms. The highest BCUT2D eigenvalue weighted by atomic mass is 19.4. The van der Waals surface area contributed by atoms with Gasteiger partial charge in [-0.3, -0.25) is 9.69 Å². The average molecular weight is 548 g/mol. The first-order chi connectivity index (χ1) is 17.8. The Morgan fingerprint density at radius 2 is 1.68 bits per heavy atom. The van der Waals surface area contributed by atoms with Crippen molar-refractivity contribution >= 4 is 5.97 Å². The number of hydrogen-bond donors (Lipinski definition) is 1. The van der Waals surface area contributed by atoms with Crippen LogP contribution in [-0.4, -0.2) is 48.9 Å². The zero-order chi connectivity index (χ0) is 28.1. The molecule has 3 atom stereocenters. The quantitative estimate of drug-likeness (QED) is 0.310. The maximum absolute atomic E-state index is 13.4. The highest BCUT2D eigenvalue weighted by Crippen LogP contribution is 2.42. The van der Waals surface area contributed by atoms with Gasteiger partial charge in [0.2, 0.25) is 0 Å². The maximum atomic E-state index is 13.4. The van der Waals surface area contributed by atoms with Gasteiger partial charge in [0.25, 0.3) is 0 Å². The first-order valence-electron chi connectivity index (χ1n) is 12.3. The van der Waals surface area contributed by atoms with Crippen LogP contribution in [0.3, 0.4) is 0 Å². The fourth-order valence-corrected chi connectivity index (χ4v) is 4.80. The molecule has 0 amide bonds. The van der Waals surface area contributed by atoms with Crippen molar-refractivity contribution in [1.82, 2.24) is 4.90 Å². The van der Waals surface area contributed by atoms with Gasteiger partial charge in [0.05, 0.1) is 42.5 Å². The lowest BCUT2D eigenvalue weighted by atomic mass is 9.77. The molecule has 2 aromatic rings. The molecule has 0 radical (unpaired) electrons. The second-order valence-corrected chi connectivity index (χ2v) is 9.46. The number of ether oxygens (including phenoxy) is 2. The summed E-state index contributed by atoms with van der Waals surface area (Å²) in [5.41, 5.74) is -3.25. The molecule has 1 saturated heterocycles. The lowest BCUT2D eigenvalue weighted by Crippen LogP contribution is -2.56. The minimum absolute atomic E-state index is 0.0823. The number of aliphatic hydroxyl groups excluding tert-OH is 1. The summed E-state index contributed by atoms with van der Waals surface area (Å²) < 4.78 is 91.5. The van der Waals surface area contributed by atoms with Gasteiger partial charge in [0, 0.05) is 13.2 Å². The molecule has 0 spiro atoms. The van der Waals surface area contributed by atoms with Gasteiger partial charge >= 0.3 is 18.3 Å². The molecular formula is C27H31F6NO4. The van der Waals surface area contributed by atoms with Crippen LogP contribution in [0, 0.1) is 5.92 Å². The zero-order valence-corrected chi connectivity index (χ0v) is 21.1. The molecule has 210 valence electrons. The molecule has 1 aliphatic heterocycles. The summed E-state index contributed by atoms with van der Waals surface area (Å²) in [7, 11) is 0. The van der Waals surface area contributed by atoms with Crippen LogP contribution in [-0.2, 0) is 32.2 Å². The molecule has 0 saturated carbocycles. The van der Waals surface area contributed by atoms with Gasteiger partial charge in [0.1, 0.15) is 0 Å². The van der Waals surface area contributed by atoms with Crippen LogP contribution < -0.4 is 0 Å². The molecule has 1 N–H and O–H groups in total. The number of likely N-dealkylation sites (tertiary alicyclic amines) is 1. The van der Waals surface area contributed by atoms with Crippen molar-refractivity contribution in [3.05, 3.63) is 70.8 Å². The third-order valence-corrected chi connectivity index (χ3v) is 6.90. The predicted octanol–water partition coefficient (Wildman–Crippen LogP) is 5.96. The molecule has 3 rings (SSSR count). The number of esters is 1. The Bertz CT molecular complexity index is 1040. The van der Waals surface area contributed by atoms with Crippen molar-refractivity contribution in [3.63, 3.8) is 0 Å². The van der Waals surface area contributed by atoms with E-state index >= 15 is 0 Å². The van der Waals surface area contributed by atoms with Gasteiger partial charge < -0.3 is 14.6 Å². The van der Waals surface area contributed by atoms with E-state index in [0.717, 1.165) is 5.56 Å². The highest BCUT2D eigenvalue weighted by Gasteiger charge is 2.45. The van der Waals surface area contributed by atoms with Crippen LogP contribution in [0.2, 0.25) is 0 Å². The van der Waals surface area contributed by atoms with E-state index in [1.807, 2.05) is 17.0 Å². The Hall–Kier alpha value is -2.63. The standard InChI is InChI=1S/C27H31F6NO4/c1-3-37-24(36)15-34-14-19(16-35)9-10-25(34,21-7-5-4-6-8-21)17-38-18(2)20-11-22(26(28,29)30)13-23(12-20)27(31,32)33/h4-8,11-13,18-19,35H,3,9-10,14-17H2,1-2H3/t18-,19+,25-/m1/s1. The summed E-state index contributed by atoms with van der Waals surface area (Å²) in [6.07, 6.45) is -10.1. The van der Waals surface area contributed by atoms with Crippen LogP contribution in [0.5, 0.6) is 0 Å². The van der Waals surface area contributed by atoms with E-state index in [-0.39, 0.29) is 43.9 Å². The number of halogens is 6. The second kappa shape index (κ2) is 12.0. The van der Waals surface area contributed by atoms with E-state index in [9.17, 15) is 36.2 Å². The number of rotatable bonds is 9. The van der Waals surface area contributed by atoms with E-state index in [2.05, 4.69) is 0 Å². The van der Waals surface area contributed by atoms with Gasteiger partial charge in [-0.2, -0.15) is 26.3 Å². The van der Waals surface area contributed by atoms with Gasteiger partial charge in [-0.15, -0.1) is 0 Å². The Morgan fingerprint density at radius 3 is 2.21 bits per heavy atom. The molecule has 1 aliphatic rings. The minimum atomic E-state index is -4.97. The molecule has 5 nitrogen and oxygen atoms in total. The first-order valence-corrected chi connectivity index (χ1v) is 12.3. The van der Waals surface area contributed by atoms with Crippen LogP contribution in [0.15, 0.2) is 48.5 Å². The topological polar surface area (TPSA) is 59.0 Å². The summed E-state index contributed by atoms with van der Waals surface area (Å²) >= 11 is 0. The largest absolute Gasteiger partial charge is 0.465 e. The minimum Gasteiger partial charge on any atom is -0.465 e. The monoisotopic (exact) mass is 547 g/mol. The molecule has 1 heterocycles. The van der Waals surface area contributed by atoms with Crippen LogP contribution in [0.1, 0.15) is 55.0 Å². The van der Waals surface area contributed by atoms with Gasteiger partial charge in [-0.05, 0) is 61.9 Å². The summed E-state index contributed by atoms with van der Waals surface area (Å²) in [6, 6.07) is 10.5. The van der Waals surface area contributed by atoms with E-state index in [0.29, 0.717) is 31.5 Å². The van der Waals surface area contributed by atoms with Crippen molar-refractivity contribution in [2.45, 2.75) is 50.7 Å². The fraction of sp³-hybridized carbons (Fsp3) is 0.519. The van der Waals surface area contributed by atoms with Crippen LogP contribution >= 0.6 is 0 Å². The van der Waals surface area contributed by atoms with Gasteiger partial charge in [-0.25, -0.2) is 0 Å². The van der Waals surface area contributed by atoms with Crippen LogP contribution in [0.25, 0.3) is 0 Å². The fourth-order valence-electron chi connectivity index (χ4n) is 4.80. The van der Waals surface area contributed by atoms with E-state index in [1.165, 1.54) is 6.92 Å². The molecule has 1 fully saturated rings. The number of aliphatic hydroxyl groups is 1. The van der Waals surface area contributed by atoms with E-state index in [1.54, 1.807) is 25.1 Å². The third-order valence-electron chi connectivity index (χ3n) is 6.90. The molecule has 0 aliphatic carbocycles. The summed E-state index contributed by atoms with van der Waals surface area (Å²) in [6.45, 7) is 3.20. The summed E-state index contributed by atoms with van der Waals surface area (Å²) in [5.74, 6) is -0.622. The molecular weight excluding hydrogens is 516 g/mol. The second-order valence-electron chi connectivity index (χ2n) is 9.46. The zero-order valence-electron chi connectivity index (χ0n) is 21.1. The lowest BCUT2D eigenvalue weighted by molar-refractivity contribution is -0.150. The number of nitrogens with zero attached hydrogens (tertiary/aromatic N) is 1. The Labute approximate surface area is 217 Å². The number of hydrogen-bond acceptors (Lipinski definition) is 5. The molecule has 0 bridgehead atoms. The van der Waals surface area contributed by atoms with Gasteiger partial charge in [-0.1, -0.05) is 30.3 Å². The number of benzene rings is 2. The van der Waals surface area contributed by atoms with Crippen LogP contribution in [0.4, 0.5) is 26.3 Å². The number of alkyl halides is 6. The highest BCUT2D eigenvalue weighted by molar-refractivity contribution is 5.71. The van der Waals surface area contributed by atoms with E-state index in [4.69, 9.17) is 9.47 Å². The first kappa shape index (κ1) is 29.9. The average Bonchev–Trinajstić information content (AvgIpc) is 2.87. The maximum Gasteiger partial charge on any atom is 0.416 e. The van der Waals surface area contributed by atoms with Crippen molar-refractivity contribution in [3.8, 4) is 0 Å². The molecule has 2 aromatic carbocycles. The van der Waals surface area contributed by atoms with E-state index < -0.39 is 41.1 Å². The van der Waals surface area contributed by atoms with Crippen molar-refractivity contribution in [2.75, 3.05) is 32.9 Å². The number of carbonyl (C=O) groups excluding carboxylic acids is 1. The Kier molecular flexibility index (Phi) is 9.48. The third kappa shape index (κ3) is 7.06. The normalized spacial score (nSPS) is 21.8. The number of piperidine rings is 1. The van der Waals surface area contributed by atoms with Crippen molar-refractivity contribution in [2.24, 2.45) is 5.92 Å². The van der Waals surface area contributed by atoms with Crippen molar-refractivity contribution < 1.29 is 45.7 Å². The summed E-state index contributed by atoms with van der Waals surface area (Å²) in [4.78, 5) is 14.3. The Morgan fingerprint density at radius 1 is 1.08 bits per heavy atom. The smallest absolute Gasteiger partial charge is 0.416 e. The Balaban J connectivity index is 1.98. The lowest BCUT2D eigenvalue weighted by Gasteiger charge is -2.49. The summed E-state index contributed by atoms with van der Waals surface area (Å²) in [5, 5.41) is 9.78. The SMILES string of the molecule is CCOC(=O)CN1C[C@@H](CO)CC[C@@]1(CO[C@H](C)c1cc(C(F)(F)F)cc(C(F)(F)F)c1)c1ccccc1. The number of carbonyl (C=O) groups is 1. The molecule has 0 aromatic heterocycles. The van der Waals surface area contributed by atoms with Crippen molar-refractivity contribution in [1.29, 1.82) is 0 Å². The predicted molar refractivity (Wildman–Crippen MR) is 127 cm³/mol. The van der Waals surface area contributed by atoms with Gasteiger partial charge in [0.15, 0.2) is 0 Å². The molecule has 0 unspecified atom stereocenters.